The highest BCUT2D eigenvalue weighted by Gasteiger charge is 2.30. The third-order valence-electron chi connectivity index (χ3n) is 2.01. The van der Waals surface area contributed by atoms with Crippen LogP contribution in [0.3, 0.4) is 0 Å². The van der Waals surface area contributed by atoms with E-state index in [2.05, 4.69) is 0 Å². The first-order valence-corrected chi connectivity index (χ1v) is 3.82. The Hall–Kier alpha value is -0.790. The van der Waals surface area contributed by atoms with Gasteiger partial charge >= 0.3 is 5.97 Å². The van der Waals surface area contributed by atoms with E-state index in [9.17, 15) is 4.79 Å². The van der Waals surface area contributed by atoms with Crippen LogP contribution in [0.5, 0.6) is 0 Å². The molecular formula is C9H14O2. The summed E-state index contributed by atoms with van der Waals surface area (Å²) in [6.07, 6.45) is 0.852. The number of cyclic esters (lactones) is 1. The van der Waals surface area contributed by atoms with Gasteiger partial charge in [-0.15, -0.1) is 0 Å². The van der Waals surface area contributed by atoms with Crippen molar-refractivity contribution in [2.24, 2.45) is 0 Å². The van der Waals surface area contributed by atoms with E-state index in [1.165, 1.54) is 0 Å². The van der Waals surface area contributed by atoms with Gasteiger partial charge in [0, 0.05) is 12.0 Å². The summed E-state index contributed by atoms with van der Waals surface area (Å²) in [7, 11) is 0. The summed E-state index contributed by atoms with van der Waals surface area (Å²) in [6, 6.07) is 0. The zero-order valence-electron chi connectivity index (χ0n) is 7.52. The molecule has 0 atom stereocenters. The number of esters is 1. The molecule has 0 bridgehead atoms. The average Bonchev–Trinajstić information content (AvgIpc) is 1.81. The number of ether oxygens (including phenoxy) is 1. The zero-order chi connectivity index (χ0) is 8.65. The summed E-state index contributed by atoms with van der Waals surface area (Å²) in [5, 5.41) is 0. The molecule has 0 radical (unpaired) electrons. The highest BCUT2D eigenvalue weighted by atomic mass is 16.6. The first-order valence-electron chi connectivity index (χ1n) is 3.82. The number of carbonyl (C=O) groups is 1. The summed E-state index contributed by atoms with van der Waals surface area (Å²) < 4.78 is 5.16. The summed E-state index contributed by atoms with van der Waals surface area (Å²) in [5.41, 5.74) is 1.61. The molecule has 0 amide bonds. The molecule has 2 nitrogen and oxygen atoms in total. The lowest BCUT2D eigenvalue weighted by Gasteiger charge is -2.30. The first-order chi connectivity index (χ1) is 4.92. The zero-order valence-corrected chi connectivity index (χ0v) is 7.52. The molecule has 11 heavy (non-hydrogen) atoms. The summed E-state index contributed by atoms with van der Waals surface area (Å²) in [6.45, 7) is 7.66. The molecular weight excluding hydrogens is 140 g/mol. The van der Waals surface area contributed by atoms with Crippen molar-refractivity contribution in [1.29, 1.82) is 0 Å². The molecule has 0 aliphatic carbocycles. The van der Waals surface area contributed by atoms with Crippen molar-refractivity contribution in [3.63, 3.8) is 0 Å². The Morgan fingerprint density at radius 2 is 1.91 bits per heavy atom. The Morgan fingerprint density at radius 3 is 2.36 bits per heavy atom. The van der Waals surface area contributed by atoms with E-state index in [0.717, 1.165) is 17.6 Å². The second-order valence-corrected chi connectivity index (χ2v) is 3.73. The topological polar surface area (TPSA) is 26.3 Å². The molecule has 0 fully saturated rings. The van der Waals surface area contributed by atoms with Gasteiger partial charge < -0.3 is 4.74 Å². The van der Waals surface area contributed by atoms with Gasteiger partial charge in [0.25, 0.3) is 0 Å². The van der Waals surface area contributed by atoms with Gasteiger partial charge in [-0.2, -0.15) is 0 Å². The Kier molecular flexibility index (Phi) is 1.78. The van der Waals surface area contributed by atoms with Gasteiger partial charge in [-0.1, -0.05) is 5.57 Å². The largest absolute Gasteiger partial charge is 0.456 e. The molecule has 62 valence electrons. The van der Waals surface area contributed by atoms with E-state index in [4.69, 9.17) is 4.74 Å². The van der Waals surface area contributed by atoms with Crippen LogP contribution in [0.25, 0.3) is 0 Å². The average molecular weight is 154 g/mol. The van der Waals surface area contributed by atoms with Crippen LogP contribution in [0.2, 0.25) is 0 Å². The SMILES string of the molecule is CC1=C(C)C(=O)OC(C)(C)C1. The van der Waals surface area contributed by atoms with Crippen molar-refractivity contribution in [3.05, 3.63) is 11.1 Å². The Balaban J connectivity index is 2.94. The highest BCUT2D eigenvalue weighted by Crippen LogP contribution is 2.28. The van der Waals surface area contributed by atoms with E-state index in [0.29, 0.717) is 0 Å². The van der Waals surface area contributed by atoms with Crippen LogP contribution in [-0.4, -0.2) is 11.6 Å². The quantitative estimate of drug-likeness (QED) is 0.499. The Bertz CT molecular complexity index is 224. The van der Waals surface area contributed by atoms with Crippen LogP contribution in [0, 0.1) is 0 Å². The van der Waals surface area contributed by atoms with Gasteiger partial charge in [-0.25, -0.2) is 4.79 Å². The predicted octanol–water partition coefficient (Wildman–Crippen LogP) is 2.05. The highest BCUT2D eigenvalue weighted by molar-refractivity contribution is 5.89. The molecule has 0 saturated carbocycles. The monoisotopic (exact) mass is 154 g/mol. The summed E-state index contributed by atoms with van der Waals surface area (Å²) >= 11 is 0. The van der Waals surface area contributed by atoms with Gasteiger partial charge in [0.05, 0.1) is 0 Å². The molecule has 0 aromatic rings. The normalized spacial score (nSPS) is 23.5. The van der Waals surface area contributed by atoms with Crippen LogP contribution < -0.4 is 0 Å². The standard InChI is InChI=1S/C9H14O2/c1-6-5-9(3,4)11-8(10)7(6)2/h5H2,1-4H3. The molecule has 1 rings (SSSR count). The minimum Gasteiger partial charge on any atom is -0.456 e. The van der Waals surface area contributed by atoms with Gasteiger partial charge in [0.1, 0.15) is 5.60 Å². The minimum atomic E-state index is -0.305. The molecule has 0 unspecified atom stereocenters. The van der Waals surface area contributed by atoms with Crippen molar-refractivity contribution in [2.75, 3.05) is 0 Å². The van der Waals surface area contributed by atoms with E-state index in [-0.39, 0.29) is 11.6 Å². The second-order valence-electron chi connectivity index (χ2n) is 3.73. The van der Waals surface area contributed by atoms with E-state index in [1.807, 2.05) is 27.7 Å². The van der Waals surface area contributed by atoms with Gasteiger partial charge in [0.15, 0.2) is 0 Å². The lowest BCUT2D eigenvalue weighted by molar-refractivity contribution is -0.153. The van der Waals surface area contributed by atoms with Crippen molar-refractivity contribution < 1.29 is 9.53 Å². The molecule has 1 aliphatic heterocycles. The van der Waals surface area contributed by atoms with Crippen LogP contribution >= 0.6 is 0 Å². The maximum absolute atomic E-state index is 11.1. The van der Waals surface area contributed by atoms with Gasteiger partial charge in [0.2, 0.25) is 0 Å². The maximum Gasteiger partial charge on any atom is 0.334 e. The van der Waals surface area contributed by atoms with Gasteiger partial charge in [-0.05, 0) is 27.7 Å². The molecule has 1 heterocycles. The molecule has 0 N–H and O–H groups in total. The predicted molar refractivity (Wildman–Crippen MR) is 43.2 cm³/mol. The van der Waals surface area contributed by atoms with Crippen molar-refractivity contribution >= 4 is 5.97 Å². The van der Waals surface area contributed by atoms with Gasteiger partial charge in [-0.3, -0.25) is 0 Å². The molecule has 0 saturated heterocycles. The fourth-order valence-electron chi connectivity index (χ4n) is 1.31. The second kappa shape index (κ2) is 2.36. The maximum atomic E-state index is 11.1. The smallest absolute Gasteiger partial charge is 0.334 e. The Morgan fingerprint density at radius 1 is 1.36 bits per heavy atom. The first kappa shape index (κ1) is 8.31. The lowest BCUT2D eigenvalue weighted by Crippen LogP contribution is -2.33. The minimum absolute atomic E-state index is 0.168. The number of hydrogen-bond donors (Lipinski definition) is 0. The number of rotatable bonds is 0. The number of hydrogen-bond acceptors (Lipinski definition) is 2. The lowest BCUT2D eigenvalue weighted by atomic mass is 9.93. The van der Waals surface area contributed by atoms with Crippen LogP contribution in [0.4, 0.5) is 0 Å². The van der Waals surface area contributed by atoms with Crippen molar-refractivity contribution in [2.45, 2.75) is 39.7 Å². The van der Waals surface area contributed by atoms with Crippen molar-refractivity contribution in [1.82, 2.24) is 0 Å². The molecule has 0 spiro atoms. The van der Waals surface area contributed by atoms with Crippen LogP contribution in [0.15, 0.2) is 11.1 Å². The summed E-state index contributed by atoms with van der Waals surface area (Å²) in [4.78, 5) is 11.1. The number of carbonyl (C=O) groups excluding carboxylic acids is 1. The fraction of sp³-hybridized carbons (Fsp3) is 0.667. The third-order valence-corrected chi connectivity index (χ3v) is 2.01. The molecule has 0 aromatic heterocycles. The van der Waals surface area contributed by atoms with Crippen LogP contribution in [0.1, 0.15) is 34.1 Å². The molecule has 2 heteroatoms. The van der Waals surface area contributed by atoms with Crippen LogP contribution in [-0.2, 0) is 9.53 Å². The molecule has 0 aromatic carbocycles. The van der Waals surface area contributed by atoms with E-state index in [1.54, 1.807) is 0 Å². The summed E-state index contributed by atoms with van der Waals surface area (Å²) in [5.74, 6) is -0.168. The Labute approximate surface area is 67.2 Å². The third kappa shape index (κ3) is 1.62. The van der Waals surface area contributed by atoms with Crippen molar-refractivity contribution in [3.8, 4) is 0 Å². The fourth-order valence-corrected chi connectivity index (χ4v) is 1.31. The molecule has 1 aliphatic rings. The van der Waals surface area contributed by atoms with E-state index >= 15 is 0 Å². The van der Waals surface area contributed by atoms with E-state index < -0.39 is 0 Å².